The Morgan fingerprint density at radius 1 is 1.23 bits per heavy atom. The number of amides is 2. The fraction of sp³-hybridized carbons (Fsp3) is 0.412. The summed E-state index contributed by atoms with van der Waals surface area (Å²) in [6, 6.07) is 4.74. The van der Waals surface area contributed by atoms with E-state index >= 15 is 0 Å². The van der Waals surface area contributed by atoms with Crippen LogP contribution in [-0.2, 0) is 14.8 Å². The maximum Gasteiger partial charge on any atom is 0.327 e. The number of anilines is 3. The highest BCUT2D eigenvalue weighted by molar-refractivity contribution is 7.91. The zero-order valence-electron chi connectivity index (χ0n) is 16.6. The Hall–Kier alpha value is -1.63. The first kappa shape index (κ1) is 23.0. The van der Waals surface area contributed by atoms with E-state index in [1.807, 2.05) is 6.07 Å². The van der Waals surface area contributed by atoms with Gasteiger partial charge in [0.2, 0.25) is 0 Å². The summed E-state index contributed by atoms with van der Waals surface area (Å²) < 4.78 is 30.9. The Morgan fingerprint density at radius 3 is 2.50 bits per heavy atom. The van der Waals surface area contributed by atoms with Crippen LogP contribution in [0, 0.1) is 0 Å². The SMILES string of the molecule is CN(C(=O)Nc1ccc(N2CCOCC2)c(Cl)c1)c1nc(Cl)c(S(=O)(=O)N(C)C)s1. The molecule has 0 atom stereocenters. The molecule has 0 bridgehead atoms. The van der Waals surface area contributed by atoms with Gasteiger partial charge < -0.3 is 15.0 Å². The Balaban J connectivity index is 1.74. The van der Waals surface area contributed by atoms with Gasteiger partial charge in [-0.1, -0.05) is 34.5 Å². The van der Waals surface area contributed by atoms with Crippen LogP contribution in [0.5, 0.6) is 0 Å². The number of ether oxygens (including phenoxy) is 1. The van der Waals surface area contributed by atoms with E-state index in [4.69, 9.17) is 27.9 Å². The smallest absolute Gasteiger partial charge is 0.327 e. The quantitative estimate of drug-likeness (QED) is 0.686. The third-order valence-electron chi connectivity index (χ3n) is 4.40. The predicted molar refractivity (Wildman–Crippen MR) is 120 cm³/mol. The van der Waals surface area contributed by atoms with E-state index in [9.17, 15) is 13.2 Å². The van der Waals surface area contributed by atoms with Crippen LogP contribution in [0.2, 0.25) is 10.2 Å². The molecule has 3 rings (SSSR count). The van der Waals surface area contributed by atoms with Gasteiger partial charge in [-0.2, -0.15) is 0 Å². The lowest BCUT2D eigenvalue weighted by Gasteiger charge is -2.29. The van der Waals surface area contributed by atoms with Gasteiger partial charge in [0.1, 0.15) is 0 Å². The Kier molecular flexibility index (Phi) is 7.10. The van der Waals surface area contributed by atoms with Crippen molar-refractivity contribution >= 4 is 67.1 Å². The number of benzene rings is 1. The second-order valence-electron chi connectivity index (χ2n) is 6.62. The number of sulfonamides is 1. The molecule has 1 aliphatic rings. The second kappa shape index (κ2) is 9.25. The molecule has 2 aromatic rings. The van der Waals surface area contributed by atoms with Crippen molar-refractivity contribution in [2.24, 2.45) is 0 Å². The lowest BCUT2D eigenvalue weighted by Crippen LogP contribution is -2.36. The molecule has 9 nitrogen and oxygen atoms in total. The maximum absolute atomic E-state index is 12.6. The molecule has 1 saturated heterocycles. The van der Waals surface area contributed by atoms with Crippen molar-refractivity contribution in [1.29, 1.82) is 0 Å². The van der Waals surface area contributed by atoms with Gasteiger partial charge in [-0.25, -0.2) is 22.5 Å². The molecule has 0 spiro atoms. The highest BCUT2D eigenvalue weighted by Crippen LogP contribution is 2.35. The molecule has 30 heavy (non-hydrogen) atoms. The molecule has 2 heterocycles. The number of nitrogens with zero attached hydrogens (tertiary/aromatic N) is 4. The number of aromatic nitrogens is 1. The molecule has 0 unspecified atom stereocenters. The average Bonchev–Trinajstić information content (AvgIpc) is 3.10. The number of nitrogens with one attached hydrogen (secondary N) is 1. The predicted octanol–water partition coefficient (Wildman–Crippen LogP) is 3.21. The highest BCUT2D eigenvalue weighted by atomic mass is 35.5. The zero-order valence-corrected chi connectivity index (χ0v) is 19.7. The third kappa shape index (κ3) is 4.82. The van der Waals surface area contributed by atoms with E-state index in [-0.39, 0.29) is 14.5 Å². The van der Waals surface area contributed by atoms with E-state index in [1.54, 1.807) is 12.1 Å². The molecule has 1 aromatic carbocycles. The summed E-state index contributed by atoms with van der Waals surface area (Å²) in [4.78, 5) is 19.9. The van der Waals surface area contributed by atoms with Crippen molar-refractivity contribution in [1.82, 2.24) is 9.29 Å². The third-order valence-corrected chi connectivity index (χ3v) is 8.64. The number of hydrogen-bond donors (Lipinski definition) is 1. The van der Waals surface area contributed by atoms with Crippen LogP contribution in [0.1, 0.15) is 0 Å². The van der Waals surface area contributed by atoms with Gasteiger partial charge in [-0.15, -0.1) is 0 Å². The largest absolute Gasteiger partial charge is 0.378 e. The summed E-state index contributed by atoms with van der Waals surface area (Å²) in [7, 11) is 0.504. The normalized spacial score (nSPS) is 14.8. The molecule has 13 heteroatoms. The molecule has 1 N–H and O–H groups in total. The van der Waals surface area contributed by atoms with E-state index in [0.29, 0.717) is 23.9 Å². The molecular weight excluding hydrogens is 473 g/mol. The van der Waals surface area contributed by atoms with Gasteiger partial charge in [0.05, 0.1) is 23.9 Å². The summed E-state index contributed by atoms with van der Waals surface area (Å²) in [5, 5.41) is 3.20. The lowest BCUT2D eigenvalue weighted by molar-refractivity contribution is 0.122. The molecule has 1 aromatic heterocycles. The summed E-state index contributed by atoms with van der Waals surface area (Å²) in [5.41, 5.74) is 1.37. The lowest BCUT2D eigenvalue weighted by atomic mass is 10.2. The first-order chi connectivity index (χ1) is 14.1. The van der Waals surface area contributed by atoms with Crippen molar-refractivity contribution in [2.75, 3.05) is 62.6 Å². The van der Waals surface area contributed by atoms with Crippen molar-refractivity contribution in [3.63, 3.8) is 0 Å². The summed E-state index contributed by atoms with van der Waals surface area (Å²) in [6.07, 6.45) is 0. The van der Waals surface area contributed by atoms with Crippen LogP contribution in [-0.4, -0.2) is 71.2 Å². The van der Waals surface area contributed by atoms with E-state index < -0.39 is 16.1 Å². The standard InChI is InChI=1S/C17H21Cl2N5O4S2/c1-22(2)30(26,27)15-14(19)21-17(29-15)23(3)16(25)20-11-4-5-13(12(18)10-11)24-6-8-28-9-7-24/h4-5,10H,6-9H2,1-3H3,(H,20,25). The van der Waals surface area contributed by atoms with Crippen LogP contribution in [0.25, 0.3) is 0 Å². The zero-order chi connectivity index (χ0) is 22.1. The molecule has 0 aliphatic carbocycles. The van der Waals surface area contributed by atoms with Crippen molar-refractivity contribution in [2.45, 2.75) is 4.21 Å². The number of rotatable bonds is 5. The first-order valence-corrected chi connectivity index (χ1v) is 11.9. The fourth-order valence-electron chi connectivity index (χ4n) is 2.69. The topological polar surface area (TPSA) is 95.1 Å². The molecular formula is C17H21Cl2N5O4S2. The summed E-state index contributed by atoms with van der Waals surface area (Å²) >= 11 is 13.2. The molecule has 1 aliphatic heterocycles. The van der Waals surface area contributed by atoms with Crippen molar-refractivity contribution in [3.8, 4) is 0 Å². The van der Waals surface area contributed by atoms with Gasteiger partial charge in [0, 0.05) is 39.9 Å². The minimum Gasteiger partial charge on any atom is -0.378 e. The number of morpholine rings is 1. The van der Waals surface area contributed by atoms with Gasteiger partial charge in [0.15, 0.2) is 14.5 Å². The van der Waals surface area contributed by atoms with Gasteiger partial charge in [0.25, 0.3) is 10.0 Å². The number of hydrogen-bond acceptors (Lipinski definition) is 7. The second-order valence-corrected chi connectivity index (χ2v) is 10.7. The minimum atomic E-state index is -3.76. The van der Waals surface area contributed by atoms with Crippen molar-refractivity contribution < 1.29 is 17.9 Å². The Labute approximate surface area is 189 Å². The molecule has 0 radical (unpaired) electrons. The highest BCUT2D eigenvalue weighted by Gasteiger charge is 2.28. The Morgan fingerprint density at radius 2 is 1.90 bits per heavy atom. The molecule has 0 saturated carbocycles. The van der Waals surface area contributed by atoms with E-state index in [0.717, 1.165) is 34.4 Å². The molecule has 1 fully saturated rings. The van der Waals surface area contributed by atoms with Crippen molar-refractivity contribution in [3.05, 3.63) is 28.4 Å². The number of carbonyl (C=O) groups is 1. The minimum absolute atomic E-state index is 0.123. The Bertz CT molecular complexity index is 1040. The summed E-state index contributed by atoms with van der Waals surface area (Å²) in [6.45, 7) is 2.78. The number of halogens is 2. The van der Waals surface area contributed by atoms with E-state index in [2.05, 4.69) is 15.2 Å². The van der Waals surface area contributed by atoms with Crippen LogP contribution < -0.4 is 15.1 Å². The van der Waals surface area contributed by atoms with Crippen LogP contribution in [0.4, 0.5) is 21.3 Å². The first-order valence-electron chi connectivity index (χ1n) is 8.87. The van der Waals surface area contributed by atoms with Crippen LogP contribution >= 0.6 is 34.5 Å². The van der Waals surface area contributed by atoms with Crippen LogP contribution in [0.3, 0.4) is 0 Å². The number of urea groups is 1. The van der Waals surface area contributed by atoms with Gasteiger partial charge in [-0.3, -0.25) is 4.90 Å². The molecule has 2 amide bonds. The van der Waals surface area contributed by atoms with Gasteiger partial charge >= 0.3 is 6.03 Å². The molecule has 164 valence electrons. The van der Waals surface area contributed by atoms with Gasteiger partial charge in [-0.05, 0) is 18.2 Å². The average molecular weight is 494 g/mol. The maximum atomic E-state index is 12.6. The van der Waals surface area contributed by atoms with E-state index in [1.165, 1.54) is 26.0 Å². The number of thiazole rings is 1. The summed E-state index contributed by atoms with van der Waals surface area (Å²) in [5.74, 6) is 0. The fourth-order valence-corrected chi connectivity index (χ4v) is 5.86. The van der Waals surface area contributed by atoms with Crippen LogP contribution in [0.15, 0.2) is 22.4 Å². The number of carbonyl (C=O) groups excluding carboxylic acids is 1. The monoisotopic (exact) mass is 493 g/mol.